The van der Waals surface area contributed by atoms with Crippen LogP contribution in [0, 0.1) is 22.2 Å². The highest BCUT2D eigenvalue weighted by molar-refractivity contribution is 5.81. The second kappa shape index (κ2) is 12.8. The Kier molecular flexibility index (Phi) is 11.5. The minimum Gasteiger partial charge on any atom is -0.355 e. The lowest BCUT2D eigenvalue weighted by atomic mass is 9.68. The zero-order valence-corrected chi connectivity index (χ0v) is 21.2. The molecule has 0 bridgehead atoms. The monoisotopic (exact) mass is 438 g/mol. The van der Waals surface area contributed by atoms with Gasteiger partial charge in [-0.3, -0.25) is 9.59 Å². The molecule has 5 N–H and O–H groups in total. The van der Waals surface area contributed by atoms with Crippen LogP contribution in [0.15, 0.2) is 0 Å². The number of amides is 2. The van der Waals surface area contributed by atoms with E-state index in [-0.39, 0.29) is 28.1 Å². The third-order valence-corrected chi connectivity index (χ3v) is 7.55. The molecule has 0 heterocycles. The molecule has 0 radical (unpaired) electrons. The number of nitrogens with two attached hydrogens (primary N) is 1. The third-order valence-electron chi connectivity index (χ3n) is 7.55. The Morgan fingerprint density at radius 1 is 0.968 bits per heavy atom. The third kappa shape index (κ3) is 9.48. The van der Waals surface area contributed by atoms with E-state index in [1.807, 2.05) is 13.8 Å². The molecule has 6 heteroatoms. The number of carbonyl (C=O) groups is 2. The van der Waals surface area contributed by atoms with Gasteiger partial charge in [-0.2, -0.15) is 0 Å². The summed E-state index contributed by atoms with van der Waals surface area (Å²) in [5.41, 5.74) is 5.73. The zero-order chi connectivity index (χ0) is 23.5. The normalized spacial score (nSPS) is 17.8. The van der Waals surface area contributed by atoms with Gasteiger partial charge in [-0.05, 0) is 42.6 Å². The molecule has 1 saturated carbocycles. The van der Waals surface area contributed by atoms with Crippen LogP contribution in [0.1, 0.15) is 92.9 Å². The van der Waals surface area contributed by atoms with Crippen molar-refractivity contribution in [3.8, 4) is 0 Å². The fourth-order valence-corrected chi connectivity index (χ4v) is 5.02. The first kappa shape index (κ1) is 27.9. The zero-order valence-electron chi connectivity index (χ0n) is 21.2. The lowest BCUT2D eigenvalue weighted by Gasteiger charge is -2.38. The van der Waals surface area contributed by atoms with Crippen molar-refractivity contribution < 1.29 is 9.59 Å². The summed E-state index contributed by atoms with van der Waals surface area (Å²) in [4.78, 5) is 25.0. The largest absolute Gasteiger partial charge is 0.355 e. The minimum absolute atomic E-state index is 0.0103. The van der Waals surface area contributed by atoms with Gasteiger partial charge >= 0.3 is 0 Å². The average Bonchev–Trinajstić information content (AvgIpc) is 2.72. The highest BCUT2D eigenvalue weighted by Gasteiger charge is 2.37. The summed E-state index contributed by atoms with van der Waals surface area (Å²) in [6.07, 6.45) is 8.30. The van der Waals surface area contributed by atoms with E-state index in [2.05, 4.69) is 43.6 Å². The molecule has 1 aliphatic rings. The van der Waals surface area contributed by atoms with Crippen molar-refractivity contribution in [2.75, 3.05) is 32.7 Å². The highest BCUT2D eigenvalue weighted by atomic mass is 16.2. The summed E-state index contributed by atoms with van der Waals surface area (Å²) in [5.74, 6) is 0.793. The van der Waals surface area contributed by atoms with Gasteiger partial charge in [-0.1, -0.05) is 67.2 Å². The van der Waals surface area contributed by atoms with Crippen molar-refractivity contribution in [1.29, 1.82) is 0 Å². The molecule has 1 fully saturated rings. The first-order valence-corrected chi connectivity index (χ1v) is 12.4. The van der Waals surface area contributed by atoms with Gasteiger partial charge in [0.15, 0.2) is 0 Å². The predicted molar refractivity (Wildman–Crippen MR) is 130 cm³/mol. The smallest absolute Gasteiger partial charge is 0.225 e. The first-order chi connectivity index (χ1) is 14.5. The fraction of sp³-hybridized carbons (Fsp3) is 0.920. The van der Waals surface area contributed by atoms with Gasteiger partial charge < -0.3 is 21.7 Å². The van der Waals surface area contributed by atoms with E-state index in [4.69, 9.17) is 5.73 Å². The molecule has 6 nitrogen and oxygen atoms in total. The standard InChI is InChI=1S/C25H50N4O2/c1-7-20(2)23(3,4)18-24(5,6)22(31)29-16-14-27-13-15-28-21(30)17-25(19-26)11-9-8-10-12-25/h20,27H,7-19,26H2,1-6H3,(H,28,30)(H,29,31). The van der Waals surface area contributed by atoms with E-state index >= 15 is 0 Å². The summed E-state index contributed by atoms with van der Waals surface area (Å²) in [6.45, 7) is 16.3. The molecule has 182 valence electrons. The Bertz CT molecular complexity index is 554. The van der Waals surface area contributed by atoms with E-state index in [9.17, 15) is 9.59 Å². The van der Waals surface area contributed by atoms with Crippen molar-refractivity contribution in [2.45, 2.75) is 92.9 Å². The molecule has 0 spiro atoms. The van der Waals surface area contributed by atoms with Crippen LogP contribution in [0.3, 0.4) is 0 Å². The van der Waals surface area contributed by atoms with Crippen molar-refractivity contribution >= 4 is 11.8 Å². The molecule has 0 aromatic carbocycles. The SMILES string of the molecule is CCC(C)C(C)(C)CC(C)(C)C(=O)NCCNCCNC(=O)CC1(CN)CCCCC1. The van der Waals surface area contributed by atoms with E-state index < -0.39 is 0 Å². The highest BCUT2D eigenvalue weighted by Crippen LogP contribution is 2.40. The molecule has 0 aromatic heterocycles. The number of rotatable bonds is 14. The molecule has 2 amide bonds. The topological polar surface area (TPSA) is 96.2 Å². The summed E-state index contributed by atoms with van der Waals surface area (Å²) in [7, 11) is 0. The molecular weight excluding hydrogens is 388 g/mol. The number of carbonyl (C=O) groups excluding carboxylic acids is 2. The van der Waals surface area contributed by atoms with Crippen LogP contribution < -0.4 is 21.7 Å². The van der Waals surface area contributed by atoms with Crippen LogP contribution in [-0.2, 0) is 9.59 Å². The average molecular weight is 439 g/mol. The van der Waals surface area contributed by atoms with Crippen LogP contribution in [-0.4, -0.2) is 44.5 Å². The molecular formula is C25H50N4O2. The van der Waals surface area contributed by atoms with Crippen molar-refractivity contribution in [3.63, 3.8) is 0 Å². The van der Waals surface area contributed by atoms with Crippen molar-refractivity contribution in [2.24, 2.45) is 27.9 Å². The van der Waals surface area contributed by atoms with E-state index in [1.165, 1.54) is 19.3 Å². The van der Waals surface area contributed by atoms with Crippen molar-refractivity contribution in [1.82, 2.24) is 16.0 Å². The second-order valence-electron chi connectivity index (χ2n) is 11.2. The predicted octanol–water partition coefficient (Wildman–Crippen LogP) is 3.60. The summed E-state index contributed by atoms with van der Waals surface area (Å²) in [6, 6.07) is 0. The van der Waals surface area contributed by atoms with Crippen molar-refractivity contribution in [3.05, 3.63) is 0 Å². The van der Waals surface area contributed by atoms with E-state index in [1.54, 1.807) is 0 Å². The first-order valence-electron chi connectivity index (χ1n) is 12.4. The van der Waals surface area contributed by atoms with Gasteiger partial charge in [0.2, 0.25) is 11.8 Å². The van der Waals surface area contributed by atoms with Gasteiger partial charge in [0.1, 0.15) is 0 Å². The van der Waals surface area contributed by atoms with Crippen LogP contribution >= 0.6 is 0 Å². The maximum absolute atomic E-state index is 12.7. The van der Waals surface area contributed by atoms with Gasteiger partial charge in [0.05, 0.1) is 0 Å². The number of nitrogens with one attached hydrogen (secondary N) is 3. The molecule has 1 rings (SSSR count). The summed E-state index contributed by atoms with van der Waals surface area (Å²) < 4.78 is 0. The second-order valence-corrected chi connectivity index (χ2v) is 11.2. The Morgan fingerprint density at radius 2 is 1.55 bits per heavy atom. The molecule has 1 unspecified atom stereocenters. The number of hydrogen-bond acceptors (Lipinski definition) is 4. The lowest BCUT2D eigenvalue weighted by Crippen LogP contribution is -2.44. The van der Waals surface area contributed by atoms with Gasteiger partial charge in [0, 0.05) is 38.0 Å². The fourth-order valence-electron chi connectivity index (χ4n) is 5.02. The van der Waals surface area contributed by atoms with Crippen LogP contribution in [0.25, 0.3) is 0 Å². The van der Waals surface area contributed by atoms with Gasteiger partial charge in [-0.15, -0.1) is 0 Å². The lowest BCUT2D eigenvalue weighted by molar-refractivity contribution is -0.131. The molecule has 0 aliphatic heterocycles. The minimum atomic E-state index is -0.390. The van der Waals surface area contributed by atoms with E-state index in [0.29, 0.717) is 45.1 Å². The summed E-state index contributed by atoms with van der Waals surface area (Å²) in [5, 5.41) is 9.37. The maximum atomic E-state index is 12.7. The Labute approximate surface area is 191 Å². The molecule has 0 aromatic rings. The molecule has 1 aliphatic carbocycles. The molecule has 31 heavy (non-hydrogen) atoms. The van der Waals surface area contributed by atoms with Crippen LogP contribution in [0.5, 0.6) is 0 Å². The summed E-state index contributed by atoms with van der Waals surface area (Å²) >= 11 is 0. The van der Waals surface area contributed by atoms with Crippen LogP contribution in [0.2, 0.25) is 0 Å². The van der Waals surface area contributed by atoms with Crippen LogP contribution in [0.4, 0.5) is 0 Å². The van der Waals surface area contributed by atoms with E-state index in [0.717, 1.165) is 25.7 Å². The maximum Gasteiger partial charge on any atom is 0.225 e. The van der Waals surface area contributed by atoms with Gasteiger partial charge in [-0.25, -0.2) is 0 Å². The molecule has 1 atom stereocenters. The Morgan fingerprint density at radius 3 is 2.10 bits per heavy atom. The molecule has 0 saturated heterocycles. The number of hydrogen-bond donors (Lipinski definition) is 4. The quantitative estimate of drug-likeness (QED) is 0.312. The Hall–Kier alpha value is -1.14. The van der Waals surface area contributed by atoms with Gasteiger partial charge in [0.25, 0.3) is 0 Å². The Balaban J connectivity index is 2.21.